The van der Waals surface area contributed by atoms with Crippen molar-refractivity contribution in [2.24, 2.45) is 0 Å². The average Bonchev–Trinajstić information content (AvgIpc) is 3.15. The lowest BCUT2D eigenvalue weighted by molar-refractivity contribution is -0.127. The summed E-state index contributed by atoms with van der Waals surface area (Å²) in [5.74, 6) is 0.223. The number of aromatic nitrogens is 2. The maximum Gasteiger partial charge on any atom is 0.262 e. The van der Waals surface area contributed by atoms with Crippen molar-refractivity contribution >= 4 is 51.5 Å². The number of nitrogens with zero attached hydrogens (tertiary/aromatic N) is 3. The molecular formula is C19H20ClN3O2S2. The number of fused-ring (bicyclic) bond motifs is 1. The van der Waals surface area contributed by atoms with Gasteiger partial charge in [0.05, 0.1) is 23.2 Å². The van der Waals surface area contributed by atoms with Crippen LogP contribution in [0.4, 0.5) is 0 Å². The van der Waals surface area contributed by atoms with E-state index in [4.69, 9.17) is 11.6 Å². The highest BCUT2D eigenvalue weighted by molar-refractivity contribution is 7.99. The van der Waals surface area contributed by atoms with Gasteiger partial charge in [-0.2, -0.15) is 0 Å². The average molecular weight is 422 g/mol. The summed E-state index contributed by atoms with van der Waals surface area (Å²) < 4.78 is 1.65. The number of hydrogen-bond donors (Lipinski definition) is 0. The van der Waals surface area contributed by atoms with Crippen molar-refractivity contribution < 1.29 is 4.79 Å². The Morgan fingerprint density at radius 1 is 1.37 bits per heavy atom. The fraction of sp³-hybridized carbons (Fsp3) is 0.316. The highest BCUT2D eigenvalue weighted by Gasteiger charge is 2.15. The zero-order valence-corrected chi connectivity index (χ0v) is 17.5. The molecular weight excluding hydrogens is 402 g/mol. The van der Waals surface area contributed by atoms with E-state index in [1.54, 1.807) is 46.1 Å². The third-order valence-corrected chi connectivity index (χ3v) is 6.11. The molecule has 0 unspecified atom stereocenters. The molecule has 0 aliphatic rings. The fourth-order valence-corrected chi connectivity index (χ4v) is 4.56. The molecule has 1 aromatic carbocycles. The highest BCUT2D eigenvalue weighted by Crippen LogP contribution is 2.21. The van der Waals surface area contributed by atoms with Gasteiger partial charge in [0.15, 0.2) is 5.16 Å². The molecule has 0 atom stereocenters. The predicted molar refractivity (Wildman–Crippen MR) is 113 cm³/mol. The molecule has 2 aromatic heterocycles. The number of thioether (sulfide) groups is 1. The first-order valence-electron chi connectivity index (χ1n) is 8.59. The van der Waals surface area contributed by atoms with E-state index in [9.17, 15) is 9.59 Å². The van der Waals surface area contributed by atoms with Crippen LogP contribution in [0.3, 0.4) is 0 Å². The van der Waals surface area contributed by atoms with Gasteiger partial charge in [0.25, 0.3) is 5.56 Å². The SMILES string of the molecule is CCCn1c(SCC(=O)N(C)Cc2cccs2)nc2cc(Cl)ccc2c1=O. The summed E-state index contributed by atoms with van der Waals surface area (Å²) in [6, 6.07) is 9.06. The van der Waals surface area contributed by atoms with Crippen molar-refractivity contribution in [3.8, 4) is 0 Å². The van der Waals surface area contributed by atoms with Gasteiger partial charge in [-0.1, -0.05) is 36.4 Å². The summed E-state index contributed by atoms with van der Waals surface area (Å²) in [7, 11) is 1.79. The topological polar surface area (TPSA) is 55.2 Å². The molecule has 0 radical (unpaired) electrons. The number of benzene rings is 1. The third-order valence-electron chi connectivity index (χ3n) is 4.05. The number of hydrogen-bond acceptors (Lipinski definition) is 5. The lowest BCUT2D eigenvalue weighted by atomic mass is 10.2. The number of carbonyl (C=O) groups is 1. The zero-order chi connectivity index (χ0) is 19.4. The molecule has 3 rings (SSSR count). The number of carbonyl (C=O) groups excluding carboxylic acids is 1. The fourth-order valence-electron chi connectivity index (χ4n) is 2.67. The Hall–Kier alpha value is -1.83. The molecule has 0 aliphatic heterocycles. The second-order valence-electron chi connectivity index (χ2n) is 6.13. The number of halogens is 1. The van der Waals surface area contributed by atoms with Crippen LogP contribution in [0.2, 0.25) is 5.02 Å². The normalized spacial score (nSPS) is 11.1. The van der Waals surface area contributed by atoms with Crippen LogP contribution in [0.1, 0.15) is 18.2 Å². The van der Waals surface area contributed by atoms with Crippen molar-refractivity contribution in [3.05, 3.63) is 56.0 Å². The van der Waals surface area contributed by atoms with Crippen LogP contribution in [0, 0.1) is 0 Å². The number of rotatable bonds is 7. The molecule has 3 aromatic rings. The Bertz CT molecular complexity index is 1000. The molecule has 2 heterocycles. The summed E-state index contributed by atoms with van der Waals surface area (Å²) in [6.45, 7) is 3.15. The summed E-state index contributed by atoms with van der Waals surface area (Å²) in [6.07, 6.45) is 0.806. The van der Waals surface area contributed by atoms with Gasteiger partial charge in [-0.15, -0.1) is 11.3 Å². The van der Waals surface area contributed by atoms with Gasteiger partial charge in [0.1, 0.15) is 0 Å². The van der Waals surface area contributed by atoms with Gasteiger partial charge in [-0.25, -0.2) is 4.98 Å². The van der Waals surface area contributed by atoms with E-state index in [1.165, 1.54) is 11.8 Å². The molecule has 0 spiro atoms. The summed E-state index contributed by atoms with van der Waals surface area (Å²) >= 11 is 8.96. The molecule has 142 valence electrons. The molecule has 8 heteroatoms. The highest BCUT2D eigenvalue weighted by atomic mass is 35.5. The van der Waals surface area contributed by atoms with Crippen LogP contribution in [0.5, 0.6) is 0 Å². The van der Waals surface area contributed by atoms with Crippen LogP contribution >= 0.6 is 34.7 Å². The van der Waals surface area contributed by atoms with Crippen LogP contribution in [-0.2, 0) is 17.9 Å². The van der Waals surface area contributed by atoms with Gasteiger partial charge >= 0.3 is 0 Å². The standard InChI is InChI=1S/C19H20ClN3O2S2/c1-3-8-23-18(25)15-7-6-13(20)10-16(15)21-19(23)27-12-17(24)22(2)11-14-5-4-9-26-14/h4-7,9-10H,3,8,11-12H2,1-2H3. The minimum atomic E-state index is -0.0968. The Morgan fingerprint density at radius 3 is 2.89 bits per heavy atom. The van der Waals surface area contributed by atoms with E-state index in [0.717, 1.165) is 11.3 Å². The van der Waals surface area contributed by atoms with E-state index in [-0.39, 0.29) is 17.2 Å². The molecule has 0 fully saturated rings. The lowest BCUT2D eigenvalue weighted by Crippen LogP contribution is -2.28. The Labute approximate surface area is 171 Å². The molecule has 0 aliphatic carbocycles. The third kappa shape index (κ3) is 4.72. The van der Waals surface area contributed by atoms with Crippen molar-refractivity contribution in [1.29, 1.82) is 0 Å². The van der Waals surface area contributed by atoms with Gasteiger partial charge in [-0.05, 0) is 36.1 Å². The second kappa shape index (κ2) is 8.91. The van der Waals surface area contributed by atoms with Crippen molar-refractivity contribution in [2.75, 3.05) is 12.8 Å². The molecule has 5 nitrogen and oxygen atoms in total. The molecule has 0 N–H and O–H groups in total. The van der Waals surface area contributed by atoms with Crippen LogP contribution in [-0.4, -0.2) is 33.2 Å². The van der Waals surface area contributed by atoms with E-state index in [0.29, 0.717) is 34.2 Å². The summed E-state index contributed by atoms with van der Waals surface area (Å²) in [5, 5.41) is 3.62. The summed E-state index contributed by atoms with van der Waals surface area (Å²) in [4.78, 5) is 32.7. The maximum absolute atomic E-state index is 12.8. The van der Waals surface area contributed by atoms with Crippen LogP contribution < -0.4 is 5.56 Å². The Balaban J connectivity index is 1.81. The predicted octanol–water partition coefficient (Wildman–Crippen LogP) is 4.27. The van der Waals surface area contributed by atoms with Gasteiger partial charge in [0.2, 0.25) is 5.91 Å². The van der Waals surface area contributed by atoms with E-state index >= 15 is 0 Å². The van der Waals surface area contributed by atoms with Crippen molar-refractivity contribution in [3.63, 3.8) is 0 Å². The monoisotopic (exact) mass is 421 g/mol. The Kier molecular flexibility index (Phi) is 6.57. The Morgan fingerprint density at radius 2 is 2.19 bits per heavy atom. The molecule has 0 saturated heterocycles. The molecule has 0 bridgehead atoms. The van der Waals surface area contributed by atoms with Crippen LogP contribution in [0.25, 0.3) is 10.9 Å². The smallest absolute Gasteiger partial charge is 0.262 e. The second-order valence-corrected chi connectivity index (χ2v) is 8.54. The summed E-state index contributed by atoms with van der Waals surface area (Å²) in [5.41, 5.74) is 0.460. The lowest BCUT2D eigenvalue weighted by Gasteiger charge is -2.17. The first-order valence-corrected chi connectivity index (χ1v) is 10.8. The van der Waals surface area contributed by atoms with Crippen LogP contribution in [0.15, 0.2) is 45.7 Å². The van der Waals surface area contributed by atoms with Gasteiger partial charge < -0.3 is 4.90 Å². The van der Waals surface area contributed by atoms with Crippen molar-refractivity contribution in [1.82, 2.24) is 14.5 Å². The first-order chi connectivity index (χ1) is 13.0. The van der Waals surface area contributed by atoms with E-state index in [1.807, 2.05) is 24.4 Å². The molecule has 0 saturated carbocycles. The minimum Gasteiger partial charge on any atom is -0.340 e. The maximum atomic E-state index is 12.8. The zero-order valence-electron chi connectivity index (χ0n) is 15.1. The van der Waals surface area contributed by atoms with Gasteiger partial charge in [-0.3, -0.25) is 14.2 Å². The largest absolute Gasteiger partial charge is 0.340 e. The van der Waals surface area contributed by atoms with E-state index < -0.39 is 0 Å². The quantitative estimate of drug-likeness (QED) is 0.422. The number of thiophene rings is 1. The first kappa shape index (κ1) is 19.9. The molecule has 1 amide bonds. The van der Waals surface area contributed by atoms with E-state index in [2.05, 4.69) is 4.98 Å². The van der Waals surface area contributed by atoms with Gasteiger partial charge in [0, 0.05) is 23.5 Å². The minimum absolute atomic E-state index is 0.00288. The number of amides is 1. The van der Waals surface area contributed by atoms with Crippen molar-refractivity contribution in [2.45, 2.75) is 31.6 Å². The molecule has 27 heavy (non-hydrogen) atoms.